The number of anilines is 1. The Morgan fingerprint density at radius 3 is 2.36 bits per heavy atom. The SMILES string of the molecule is Cc1ccccc1CC1CC(c2nc(-c3ccc(Oc4ccccc4)cc3)c3c(N)nccn23)(S(=O)(=O)O)C1. The number of rotatable bonds is 7. The van der Waals surface area contributed by atoms with Crippen molar-refractivity contribution in [1.82, 2.24) is 14.4 Å². The summed E-state index contributed by atoms with van der Waals surface area (Å²) in [5.74, 6) is 1.91. The van der Waals surface area contributed by atoms with Crippen LogP contribution in [0.2, 0.25) is 0 Å². The van der Waals surface area contributed by atoms with Gasteiger partial charge in [0.1, 0.15) is 34.4 Å². The van der Waals surface area contributed by atoms with Gasteiger partial charge in [-0.2, -0.15) is 8.42 Å². The average Bonchev–Trinajstić information content (AvgIpc) is 3.28. The molecule has 5 aromatic rings. The monoisotopic (exact) mass is 540 g/mol. The average molecular weight is 541 g/mol. The van der Waals surface area contributed by atoms with Gasteiger partial charge in [0.25, 0.3) is 10.1 Å². The van der Waals surface area contributed by atoms with Crippen molar-refractivity contribution >= 4 is 21.5 Å². The minimum Gasteiger partial charge on any atom is -0.457 e. The normalized spacial score (nSPS) is 19.1. The molecule has 0 aliphatic heterocycles. The molecule has 9 heteroatoms. The summed E-state index contributed by atoms with van der Waals surface area (Å²) < 4.78 is 42.4. The summed E-state index contributed by atoms with van der Waals surface area (Å²) in [6.07, 6.45) is 4.39. The Morgan fingerprint density at radius 1 is 1.00 bits per heavy atom. The first kappa shape index (κ1) is 25.1. The van der Waals surface area contributed by atoms with Crippen molar-refractivity contribution in [3.05, 3.63) is 108 Å². The largest absolute Gasteiger partial charge is 0.457 e. The highest BCUT2D eigenvalue weighted by Gasteiger charge is 2.57. The molecule has 0 atom stereocenters. The third kappa shape index (κ3) is 4.43. The number of nitrogen functional groups attached to an aromatic ring is 1. The van der Waals surface area contributed by atoms with Gasteiger partial charge in [-0.15, -0.1) is 0 Å². The highest BCUT2D eigenvalue weighted by Crippen LogP contribution is 2.53. The first-order chi connectivity index (χ1) is 18.7. The van der Waals surface area contributed by atoms with Crippen molar-refractivity contribution in [2.75, 3.05) is 5.73 Å². The summed E-state index contributed by atoms with van der Waals surface area (Å²) in [6, 6.07) is 24.9. The van der Waals surface area contributed by atoms with E-state index in [9.17, 15) is 13.0 Å². The van der Waals surface area contributed by atoms with E-state index in [1.165, 1.54) is 11.8 Å². The summed E-state index contributed by atoms with van der Waals surface area (Å²) in [4.78, 5) is 9.05. The highest BCUT2D eigenvalue weighted by atomic mass is 32.2. The Kier molecular flexibility index (Phi) is 6.12. The molecular weight excluding hydrogens is 512 g/mol. The molecule has 0 unspecified atom stereocenters. The molecule has 0 saturated heterocycles. The van der Waals surface area contributed by atoms with Crippen LogP contribution in [0.1, 0.15) is 29.8 Å². The quantitative estimate of drug-likeness (QED) is 0.250. The van der Waals surface area contributed by atoms with Gasteiger partial charge in [-0.05, 0) is 79.6 Å². The number of aromatic nitrogens is 3. The van der Waals surface area contributed by atoms with Gasteiger partial charge in [0.05, 0.1) is 0 Å². The summed E-state index contributed by atoms with van der Waals surface area (Å²) in [5.41, 5.74) is 10.3. The van der Waals surface area contributed by atoms with Gasteiger partial charge >= 0.3 is 0 Å². The maximum absolute atomic E-state index is 12.9. The molecule has 3 N–H and O–H groups in total. The Balaban J connectivity index is 1.38. The molecule has 39 heavy (non-hydrogen) atoms. The van der Waals surface area contributed by atoms with E-state index in [2.05, 4.69) is 11.1 Å². The Hall–Kier alpha value is -4.21. The van der Waals surface area contributed by atoms with Crippen LogP contribution in [-0.4, -0.2) is 27.3 Å². The molecular formula is C30H28N4O4S. The molecule has 0 spiro atoms. The van der Waals surface area contributed by atoms with Gasteiger partial charge in [0.2, 0.25) is 0 Å². The number of nitrogens with two attached hydrogens (primary N) is 1. The third-order valence-electron chi connectivity index (χ3n) is 7.60. The second-order valence-corrected chi connectivity index (χ2v) is 11.9. The summed E-state index contributed by atoms with van der Waals surface area (Å²) >= 11 is 0. The van der Waals surface area contributed by atoms with Gasteiger partial charge in [0.15, 0.2) is 4.75 Å². The fourth-order valence-electron chi connectivity index (χ4n) is 5.57. The topological polar surface area (TPSA) is 120 Å². The maximum Gasteiger partial charge on any atom is 0.278 e. The molecule has 2 aromatic heterocycles. The smallest absolute Gasteiger partial charge is 0.278 e. The lowest BCUT2D eigenvalue weighted by molar-refractivity contribution is 0.193. The number of hydrogen-bond acceptors (Lipinski definition) is 6. The highest BCUT2D eigenvalue weighted by molar-refractivity contribution is 7.86. The standard InChI is InChI=1S/C30H28N4O4S/c1-20-7-5-6-8-23(20)17-21-18-30(19-21,39(35,36)37)29-33-26(27-28(31)32-15-16-34(27)29)22-11-13-25(14-12-22)38-24-9-3-2-4-10-24/h2-16,21H,17-19H2,1H3,(H2,31,32)(H,35,36,37). The first-order valence-electron chi connectivity index (χ1n) is 12.7. The van der Waals surface area contributed by atoms with Crippen molar-refractivity contribution in [3.8, 4) is 22.8 Å². The van der Waals surface area contributed by atoms with Gasteiger partial charge in [-0.1, -0.05) is 42.5 Å². The first-order valence-corrected chi connectivity index (χ1v) is 14.2. The minimum atomic E-state index is -4.50. The van der Waals surface area contributed by atoms with Crippen LogP contribution in [0.4, 0.5) is 5.82 Å². The number of hydrogen-bond donors (Lipinski definition) is 2. The fraction of sp³-hybridized carbons (Fsp3) is 0.200. The van der Waals surface area contributed by atoms with E-state index in [4.69, 9.17) is 15.5 Å². The molecule has 0 amide bonds. The zero-order valence-corrected chi connectivity index (χ0v) is 22.2. The molecule has 0 radical (unpaired) electrons. The van der Waals surface area contributed by atoms with Crippen LogP contribution in [0.3, 0.4) is 0 Å². The van der Waals surface area contributed by atoms with Gasteiger partial charge < -0.3 is 10.5 Å². The van der Waals surface area contributed by atoms with E-state index in [0.717, 1.165) is 17.5 Å². The van der Waals surface area contributed by atoms with E-state index in [1.54, 1.807) is 10.6 Å². The molecule has 2 heterocycles. The second kappa shape index (κ2) is 9.52. The molecule has 8 nitrogen and oxygen atoms in total. The Morgan fingerprint density at radius 2 is 1.67 bits per heavy atom. The molecule has 1 fully saturated rings. The van der Waals surface area contributed by atoms with Crippen molar-refractivity contribution in [3.63, 3.8) is 0 Å². The lowest BCUT2D eigenvalue weighted by Crippen LogP contribution is -2.49. The van der Waals surface area contributed by atoms with Gasteiger partial charge in [-0.3, -0.25) is 8.95 Å². The minimum absolute atomic E-state index is 0.0810. The number of benzene rings is 3. The summed E-state index contributed by atoms with van der Waals surface area (Å²) in [7, 11) is -4.50. The van der Waals surface area contributed by atoms with Crippen LogP contribution in [0.15, 0.2) is 91.3 Å². The van der Waals surface area contributed by atoms with Crippen LogP contribution < -0.4 is 10.5 Å². The summed E-state index contributed by atoms with van der Waals surface area (Å²) in [6.45, 7) is 2.05. The van der Waals surface area contributed by atoms with E-state index < -0.39 is 14.9 Å². The third-order valence-corrected chi connectivity index (χ3v) is 9.10. The fourth-order valence-corrected chi connectivity index (χ4v) is 6.84. The molecule has 0 bridgehead atoms. The zero-order valence-electron chi connectivity index (χ0n) is 21.4. The molecule has 198 valence electrons. The molecule has 3 aromatic carbocycles. The van der Waals surface area contributed by atoms with Crippen molar-refractivity contribution < 1.29 is 17.7 Å². The molecule has 6 rings (SSSR count). The number of nitrogens with zero attached hydrogens (tertiary/aromatic N) is 3. The van der Waals surface area contributed by atoms with E-state index in [0.29, 0.717) is 22.7 Å². The summed E-state index contributed by atoms with van der Waals surface area (Å²) in [5, 5.41) is 0. The van der Waals surface area contributed by atoms with E-state index in [1.807, 2.05) is 79.7 Å². The zero-order chi connectivity index (χ0) is 27.2. The van der Waals surface area contributed by atoms with Crippen LogP contribution in [-0.2, 0) is 21.3 Å². The van der Waals surface area contributed by atoms with Crippen LogP contribution in [0.5, 0.6) is 11.5 Å². The van der Waals surface area contributed by atoms with Crippen molar-refractivity contribution in [2.24, 2.45) is 5.92 Å². The number of imidazole rings is 1. The number of fused-ring (bicyclic) bond motifs is 1. The van der Waals surface area contributed by atoms with E-state index >= 15 is 0 Å². The van der Waals surface area contributed by atoms with Crippen LogP contribution >= 0.6 is 0 Å². The predicted molar refractivity (Wildman–Crippen MR) is 150 cm³/mol. The van der Waals surface area contributed by atoms with Crippen LogP contribution in [0.25, 0.3) is 16.8 Å². The maximum atomic E-state index is 12.9. The van der Waals surface area contributed by atoms with Gasteiger partial charge in [0, 0.05) is 18.0 Å². The number of para-hydroxylation sites is 1. The van der Waals surface area contributed by atoms with Gasteiger partial charge in [-0.25, -0.2) is 9.97 Å². The Bertz CT molecular complexity index is 1760. The lowest BCUT2D eigenvalue weighted by atomic mass is 9.70. The van der Waals surface area contributed by atoms with E-state index in [-0.39, 0.29) is 30.4 Å². The number of ether oxygens (including phenoxy) is 1. The van der Waals surface area contributed by atoms with Crippen molar-refractivity contribution in [2.45, 2.75) is 30.9 Å². The van der Waals surface area contributed by atoms with Crippen LogP contribution in [0, 0.1) is 12.8 Å². The van der Waals surface area contributed by atoms with Crippen molar-refractivity contribution in [1.29, 1.82) is 0 Å². The Labute approximate surface area is 226 Å². The molecule has 1 saturated carbocycles. The predicted octanol–water partition coefficient (Wildman–Crippen LogP) is 5.82. The second-order valence-electron chi connectivity index (χ2n) is 10.1. The molecule has 1 aliphatic rings. The lowest BCUT2D eigenvalue weighted by Gasteiger charge is -2.44. The molecule has 1 aliphatic carbocycles. The number of aryl methyl sites for hydroxylation is 1.